The molecule has 2 fully saturated rings. The second-order valence-electron chi connectivity index (χ2n) is 6.17. The molecular weight excluding hydrogens is 254 g/mol. The average molecular weight is 281 g/mol. The molecule has 5 heteroatoms. The van der Waals surface area contributed by atoms with Crippen molar-refractivity contribution in [3.8, 4) is 0 Å². The number of amides is 3. The topological polar surface area (TPSA) is 61.4 Å². The maximum atomic E-state index is 11.9. The van der Waals surface area contributed by atoms with E-state index in [1.54, 1.807) is 0 Å². The van der Waals surface area contributed by atoms with Gasteiger partial charge in [0, 0.05) is 12.1 Å². The van der Waals surface area contributed by atoms with Crippen molar-refractivity contribution in [2.75, 3.05) is 13.1 Å². The number of hydrogen-bond donors (Lipinski definition) is 2. The lowest BCUT2D eigenvalue weighted by Crippen LogP contribution is -2.50. The van der Waals surface area contributed by atoms with Gasteiger partial charge in [0.2, 0.25) is 5.91 Å². The molecule has 2 N–H and O–H groups in total. The zero-order valence-corrected chi connectivity index (χ0v) is 12.5. The van der Waals surface area contributed by atoms with Crippen molar-refractivity contribution in [1.82, 2.24) is 15.5 Å². The number of likely N-dealkylation sites (tertiary alicyclic amines) is 1. The molecular formula is C15H27N3O2. The van der Waals surface area contributed by atoms with E-state index in [1.165, 1.54) is 25.7 Å². The normalized spacial score (nSPS) is 25.1. The van der Waals surface area contributed by atoms with Crippen molar-refractivity contribution in [3.05, 3.63) is 0 Å². The van der Waals surface area contributed by atoms with E-state index >= 15 is 0 Å². The molecule has 0 aromatic heterocycles. The van der Waals surface area contributed by atoms with Crippen LogP contribution in [0.1, 0.15) is 58.3 Å². The van der Waals surface area contributed by atoms with Gasteiger partial charge in [0.1, 0.15) is 0 Å². The van der Waals surface area contributed by atoms with Gasteiger partial charge >= 0.3 is 6.03 Å². The Morgan fingerprint density at radius 1 is 1.05 bits per heavy atom. The van der Waals surface area contributed by atoms with Crippen molar-refractivity contribution >= 4 is 11.9 Å². The first-order valence-electron chi connectivity index (χ1n) is 7.99. The number of nitrogens with one attached hydrogen (secondary N) is 2. The molecule has 2 aliphatic rings. The van der Waals surface area contributed by atoms with Crippen molar-refractivity contribution in [1.29, 1.82) is 0 Å². The summed E-state index contributed by atoms with van der Waals surface area (Å²) in [4.78, 5) is 25.8. The second-order valence-corrected chi connectivity index (χ2v) is 6.17. The van der Waals surface area contributed by atoms with Crippen LogP contribution in [0, 0.1) is 0 Å². The van der Waals surface area contributed by atoms with Gasteiger partial charge in [0.25, 0.3) is 0 Å². The average Bonchev–Trinajstić information content (AvgIpc) is 2.42. The number of hydrogen-bond acceptors (Lipinski definition) is 3. The Bertz CT molecular complexity index is 340. The molecule has 0 bridgehead atoms. The number of carbonyl (C=O) groups excluding carboxylic acids is 2. The molecule has 1 heterocycles. The van der Waals surface area contributed by atoms with E-state index in [1.807, 2.05) is 0 Å². The molecule has 114 valence electrons. The molecule has 1 aliphatic carbocycles. The molecule has 1 saturated heterocycles. The number of rotatable bonds is 3. The molecule has 2 rings (SSSR count). The van der Waals surface area contributed by atoms with Crippen LogP contribution in [0.25, 0.3) is 0 Å². The summed E-state index contributed by atoms with van der Waals surface area (Å²) in [6, 6.07) is 0.355. The number of piperidine rings is 1. The summed E-state index contributed by atoms with van der Waals surface area (Å²) in [5, 5.41) is 5.37. The highest BCUT2D eigenvalue weighted by Gasteiger charge is 2.22. The Kier molecular flexibility index (Phi) is 5.83. The Morgan fingerprint density at radius 2 is 1.75 bits per heavy atom. The van der Waals surface area contributed by atoms with Gasteiger partial charge in [-0.15, -0.1) is 0 Å². The van der Waals surface area contributed by atoms with Gasteiger partial charge in [0.15, 0.2) is 0 Å². The highest BCUT2D eigenvalue weighted by atomic mass is 16.2. The van der Waals surface area contributed by atoms with Crippen LogP contribution in [0.4, 0.5) is 4.79 Å². The van der Waals surface area contributed by atoms with Gasteiger partial charge in [0.05, 0.1) is 6.54 Å². The van der Waals surface area contributed by atoms with Crippen LogP contribution in [0.2, 0.25) is 0 Å². The Hall–Kier alpha value is -1.10. The highest BCUT2D eigenvalue weighted by molar-refractivity contribution is 5.95. The van der Waals surface area contributed by atoms with Gasteiger partial charge < -0.3 is 5.32 Å². The van der Waals surface area contributed by atoms with E-state index in [0.29, 0.717) is 12.6 Å². The van der Waals surface area contributed by atoms with E-state index in [0.717, 1.165) is 32.2 Å². The molecule has 1 saturated carbocycles. The molecule has 20 heavy (non-hydrogen) atoms. The van der Waals surface area contributed by atoms with Gasteiger partial charge in [-0.3, -0.25) is 15.0 Å². The fourth-order valence-electron chi connectivity index (χ4n) is 3.21. The minimum atomic E-state index is -0.327. The van der Waals surface area contributed by atoms with Gasteiger partial charge in [-0.2, -0.15) is 0 Å². The molecule has 0 spiro atoms. The summed E-state index contributed by atoms with van der Waals surface area (Å²) in [6.45, 7) is 3.44. The molecule has 0 aromatic carbocycles. The standard InChI is InChI=1S/C15H27N3O2/c1-12-7-5-6-10-18(12)11-14(19)17-15(20)16-13-8-3-2-4-9-13/h12-13H,2-11H2,1H3,(H2,16,17,19,20)/t12-/m0/s1. The van der Waals surface area contributed by atoms with Crippen LogP contribution >= 0.6 is 0 Å². The molecule has 0 radical (unpaired) electrons. The number of imide groups is 1. The third-order valence-electron chi connectivity index (χ3n) is 4.48. The minimum Gasteiger partial charge on any atom is -0.335 e. The third kappa shape index (κ3) is 4.78. The fraction of sp³-hybridized carbons (Fsp3) is 0.867. The molecule has 1 aliphatic heterocycles. The Labute approximate surface area is 121 Å². The second kappa shape index (κ2) is 7.62. The lowest BCUT2D eigenvalue weighted by molar-refractivity contribution is -0.122. The maximum absolute atomic E-state index is 11.9. The van der Waals surface area contributed by atoms with Gasteiger partial charge in [-0.05, 0) is 39.2 Å². The fourth-order valence-corrected chi connectivity index (χ4v) is 3.21. The van der Waals surface area contributed by atoms with Crippen molar-refractivity contribution < 1.29 is 9.59 Å². The van der Waals surface area contributed by atoms with Crippen molar-refractivity contribution in [2.45, 2.75) is 70.4 Å². The molecule has 3 amide bonds. The molecule has 0 aromatic rings. The Morgan fingerprint density at radius 3 is 2.45 bits per heavy atom. The maximum Gasteiger partial charge on any atom is 0.321 e. The first-order chi connectivity index (χ1) is 9.65. The largest absolute Gasteiger partial charge is 0.335 e. The summed E-state index contributed by atoms with van der Waals surface area (Å²) in [5.41, 5.74) is 0. The van der Waals surface area contributed by atoms with Gasteiger partial charge in [-0.1, -0.05) is 25.7 Å². The van der Waals surface area contributed by atoms with Gasteiger partial charge in [-0.25, -0.2) is 4.79 Å². The summed E-state index contributed by atoms with van der Waals surface area (Å²) in [7, 11) is 0. The van der Waals surface area contributed by atoms with Crippen LogP contribution in [0.5, 0.6) is 0 Å². The summed E-state index contributed by atoms with van der Waals surface area (Å²) in [6.07, 6.45) is 9.18. The minimum absolute atomic E-state index is 0.188. The van der Waals surface area contributed by atoms with Crippen molar-refractivity contribution in [2.24, 2.45) is 0 Å². The SMILES string of the molecule is C[C@H]1CCCCN1CC(=O)NC(=O)NC1CCCCC1. The lowest BCUT2D eigenvalue weighted by Gasteiger charge is -2.32. The number of urea groups is 1. The predicted octanol–water partition coefficient (Wildman–Crippen LogP) is 2.02. The van der Waals surface area contributed by atoms with Crippen LogP contribution < -0.4 is 10.6 Å². The van der Waals surface area contributed by atoms with Crippen LogP contribution in [0.15, 0.2) is 0 Å². The smallest absolute Gasteiger partial charge is 0.321 e. The predicted molar refractivity (Wildman–Crippen MR) is 78.4 cm³/mol. The van der Waals surface area contributed by atoms with Crippen molar-refractivity contribution in [3.63, 3.8) is 0 Å². The first kappa shape index (κ1) is 15.3. The van der Waals surface area contributed by atoms with E-state index in [9.17, 15) is 9.59 Å². The Balaban J connectivity index is 1.68. The monoisotopic (exact) mass is 281 g/mol. The van der Waals surface area contributed by atoms with E-state index in [4.69, 9.17) is 0 Å². The molecule has 5 nitrogen and oxygen atoms in total. The zero-order chi connectivity index (χ0) is 14.4. The number of carbonyl (C=O) groups is 2. The van der Waals surface area contributed by atoms with E-state index < -0.39 is 0 Å². The highest BCUT2D eigenvalue weighted by Crippen LogP contribution is 2.17. The van der Waals surface area contributed by atoms with Crippen LogP contribution in [-0.2, 0) is 4.79 Å². The molecule has 1 atom stereocenters. The summed E-state index contributed by atoms with van der Waals surface area (Å²) >= 11 is 0. The molecule has 0 unspecified atom stereocenters. The first-order valence-corrected chi connectivity index (χ1v) is 7.99. The van der Waals surface area contributed by atoms with E-state index in [-0.39, 0.29) is 18.0 Å². The lowest BCUT2D eigenvalue weighted by atomic mass is 9.96. The van der Waals surface area contributed by atoms with Crippen LogP contribution in [-0.4, -0.2) is 42.0 Å². The number of nitrogens with zero attached hydrogens (tertiary/aromatic N) is 1. The third-order valence-corrected chi connectivity index (χ3v) is 4.48. The van der Waals surface area contributed by atoms with Crippen LogP contribution in [0.3, 0.4) is 0 Å². The summed E-state index contributed by atoms with van der Waals surface area (Å²) in [5.74, 6) is -0.188. The summed E-state index contributed by atoms with van der Waals surface area (Å²) < 4.78 is 0. The quantitative estimate of drug-likeness (QED) is 0.832. The van der Waals surface area contributed by atoms with E-state index in [2.05, 4.69) is 22.5 Å². The zero-order valence-electron chi connectivity index (χ0n) is 12.5.